The second-order valence-electron chi connectivity index (χ2n) is 6.68. The minimum Gasteiger partial charge on any atom is -0.345 e. The Kier molecular flexibility index (Phi) is 4.05. The third kappa shape index (κ3) is 3.22. The van der Waals surface area contributed by atoms with Gasteiger partial charge in [-0.25, -0.2) is 0 Å². The van der Waals surface area contributed by atoms with Crippen molar-refractivity contribution in [3.05, 3.63) is 64.8 Å². The molecule has 1 N–H and O–H groups in total. The molecule has 140 valence electrons. The van der Waals surface area contributed by atoms with E-state index in [1.807, 2.05) is 22.7 Å². The first kappa shape index (κ1) is 16.9. The summed E-state index contributed by atoms with van der Waals surface area (Å²) in [5, 5.41) is 15.8. The van der Waals surface area contributed by atoms with Crippen LogP contribution in [0.3, 0.4) is 0 Å². The van der Waals surface area contributed by atoms with Crippen molar-refractivity contribution in [2.24, 2.45) is 0 Å². The molecule has 9 heteroatoms. The lowest BCUT2D eigenvalue weighted by molar-refractivity contribution is 0.0950. The Morgan fingerprint density at radius 3 is 2.82 bits per heavy atom. The maximum atomic E-state index is 12.2. The summed E-state index contributed by atoms with van der Waals surface area (Å²) in [5.41, 5.74) is 1.96. The molecule has 1 saturated carbocycles. The van der Waals surface area contributed by atoms with Gasteiger partial charge in [0.2, 0.25) is 0 Å². The number of carbonyl (C=O) groups is 1. The second kappa shape index (κ2) is 6.72. The number of hydrogen-bond acceptors (Lipinski definition) is 6. The summed E-state index contributed by atoms with van der Waals surface area (Å²) in [6.45, 7) is 0.244. The molecule has 1 aliphatic carbocycles. The number of carbonyl (C=O) groups excluding carboxylic acids is 1. The van der Waals surface area contributed by atoms with Crippen molar-refractivity contribution in [3.63, 3.8) is 0 Å². The molecule has 4 aromatic rings. The van der Waals surface area contributed by atoms with Gasteiger partial charge in [0.1, 0.15) is 0 Å². The molecule has 1 amide bonds. The summed E-state index contributed by atoms with van der Waals surface area (Å²) in [6.07, 6.45) is 4.07. The molecule has 28 heavy (non-hydrogen) atoms. The van der Waals surface area contributed by atoms with Gasteiger partial charge in [0.05, 0.1) is 6.54 Å². The zero-order valence-corrected chi connectivity index (χ0v) is 15.4. The van der Waals surface area contributed by atoms with E-state index in [1.165, 1.54) is 0 Å². The van der Waals surface area contributed by atoms with Crippen LogP contribution in [-0.2, 0) is 6.54 Å². The number of rotatable bonds is 5. The van der Waals surface area contributed by atoms with Crippen LogP contribution in [0.1, 0.15) is 40.8 Å². The first-order valence-electron chi connectivity index (χ1n) is 8.89. The second-order valence-corrected chi connectivity index (χ2v) is 7.12. The third-order valence-corrected chi connectivity index (χ3v) is 4.88. The highest BCUT2D eigenvalue weighted by molar-refractivity contribution is 6.30. The smallest absolute Gasteiger partial charge is 0.258 e. The molecule has 0 spiro atoms. The largest absolute Gasteiger partial charge is 0.345 e. The van der Waals surface area contributed by atoms with Gasteiger partial charge in [-0.1, -0.05) is 16.8 Å². The Bertz CT molecular complexity index is 1160. The molecule has 8 nitrogen and oxygen atoms in total. The van der Waals surface area contributed by atoms with Crippen molar-refractivity contribution in [2.75, 3.05) is 0 Å². The fourth-order valence-electron chi connectivity index (χ4n) is 2.92. The Morgan fingerprint density at radius 2 is 2.04 bits per heavy atom. The van der Waals surface area contributed by atoms with Crippen LogP contribution in [0, 0.1) is 0 Å². The zero-order chi connectivity index (χ0) is 19.1. The number of aromatic nitrogens is 5. The average molecular weight is 395 g/mol. The van der Waals surface area contributed by atoms with E-state index in [0.717, 1.165) is 24.2 Å². The van der Waals surface area contributed by atoms with Gasteiger partial charge in [0.15, 0.2) is 17.3 Å². The van der Waals surface area contributed by atoms with Crippen LogP contribution in [0.2, 0.25) is 5.02 Å². The van der Waals surface area contributed by atoms with Crippen molar-refractivity contribution in [2.45, 2.75) is 25.3 Å². The molecular formula is C19H15ClN6O2. The fourth-order valence-corrected chi connectivity index (χ4v) is 3.04. The molecule has 0 atom stereocenters. The highest BCUT2D eigenvalue weighted by Gasteiger charge is 2.29. The van der Waals surface area contributed by atoms with E-state index in [-0.39, 0.29) is 12.5 Å². The zero-order valence-electron chi connectivity index (χ0n) is 14.7. The topological polar surface area (TPSA) is 98.2 Å². The van der Waals surface area contributed by atoms with Gasteiger partial charge in [-0.15, -0.1) is 10.2 Å². The predicted molar refractivity (Wildman–Crippen MR) is 101 cm³/mol. The van der Waals surface area contributed by atoms with Crippen molar-refractivity contribution >= 4 is 23.2 Å². The van der Waals surface area contributed by atoms with E-state index in [0.29, 0.717) is 33.9 Å². The van der Waals surface area contributed by atoms with Gasteiger partial charge in [0, 0.05) is 28.3 Å². The SMILES string of the molecule is O=C(NCc1nnc2cc(-c3nc(C4CC4)no3)ccn12)c1ccc(Cl)cc1. The van der Waals surface area contributed by atoms with Crippen molar-refractivity contribution < 1.29 is 9.32 Å². The summed E-state index contributed by atoms with van der Waals surface area (Å²) in [6, 6.07) is 10.4. The highest BCUT2D eigenvalue weighted by Crippen LogP contribution is 2.38. The number of nitrogens with one attached hydrogen (secondary N) is 1. The first-order valence-corrected chi connectivity index (χ1v) is 9.26. The Labute approximate surface area is 164 Å². The lowest BCUT2D eigenvalue weighted by Crippen LogP contribution is -2.23. The molecule has 3 heterocycles. The molecule has 0 bridgehead atoms. The minimum absolute atomic E-state index is 0.205. The number of benzene rings is 1. The van der Waals surface area contributed by atoms with Gasteiger partial charge >= 0.3 is 0 Å². The minimum atomic E-state index is -0.205. The third-order valence-electron chi connectivity index (χ3n) is 4.63. The number of halogens is 1. The Hall–Kier alpha value is -3.26. The van der Waals surface area contributed by atoms with Crippen LogP contribution < -0.4 is 5.32 Å². The van der Waals surface area contributed by atoms with Crippen LogP contribution in [0.5, 0.6) is 0 Å². The Morgan fingerprint density at radius 1 is 1.21 bits per heavy atom. The molecule has 0 radical (unpaired) electrons. The summed E-state index contributed by atoms with van der Waals surface area (Å²) >= 11 is 5.85. The predicted octanol–water partition coefficient (Wildman–Crippen LogP) is 3.24. The summed E-state index contributed by atoms with van der Waals surface area (Å²) < 4.78 is 7.17. The lowest BCUT2D eigenvalue weighted by atomic mass is 10.2. The van der Waals surface area contributed by atoms with Crippen LogP contribution in [0.15, 0.2) is 47.1 Å². The molecule has 3 aromatic heterocycles. The standard InChI is InChI=1S/C19H15ClN6O2/c20-14-5-3-12(4-6-14)18(27)21-10-16-24-23-15-9-13(7-8-26(15)16)19-22-17(25-28-19)11-1-2-11/h3-9,11H,1-2,10H2,(H,21,27). The van der Waals surface area contributed by atoms with Gasteiger partial charge < -0.3 is 9.84 Å². The van der Waals surface area contributed by atoms with E-state index in [1.54, 1.807) is 24.3 Å². The highest BCUT2D eigenvalue weighted by atomic mass is 35.5. The Balaban J connectivity index is 1.33. The van der Waals surface area contributed by atoms with E-state index >= 15 is 0 Å². The quantitative estimate of drug-likeness (QED) is 0.558. The summed E-state index contributed by atoms with van der Waals surface area (Å²) in [4.78, 5) is 16.7. The number of hydrogen-bond donors (Lipinski definition) is 1. The lowest BCUT2D eigenvalue weighted by Gasteiger charge is -2.04. The summed E-state index contributed by atoms with van der Waals surface area (Å²) in [7, 11) is 0. The molecule has 0 unspecified atom stereocenters. The van der Waals surface area contributed by atoms with E-state index in [4.69, 9.17) is 16.1 Å². The van der Waals surface area contributed by atoms with Crippen LogP contribution in [-0.4, -0.2) is 30.6 Å². The number of fused-ring (bicyclic) bond motifs is 1. The maximum absolute atomic E-state index is 12.2. The van der Waals surface area contributed by atoms with Crippen molar-refractivity contribution in [1.29, 1.82) is 0 Å². The van der Waals surface area contributed by atoms with Gasteiger partial charge in [0.25, 0.3) is 11.8 Å². The molecule has 5 rings (SSSR count). The van der Waals surface area contributed by atoms with E-state index in [9.17, 15) is 4.79 Å². The van der Waals surface area contributed by atoms with Crippen LogP contribution in [0.25, 0.3) is 17.1 Å². The molecular weight excluding hydrogens is 380 g/mol. The van der Waals surface area contributed by atoms with Gasteiger partial charge in [-0.3, -0.25) is 9.20 Å². The number of nitrogens with zero attached hydrogens (tertiary/aromatic N) is 5. The number of amides is 1. The molecule has 0 aliphatic heterocycles. The van der Waals surface area contributed by atoms with Crippen molar-refractivity contribution in [1.82, 2.24) is 30.1 Å². The maximum Gasteiger partial charge on any atom is 0.258 e. The fraction of sp³-hybridized carbons (Fsp3) is 0.211. The summed E-state index contributed by atoms with van der Waals surface area (Å²) in [5.74, 6) is 2.09. The van der Waals surface area contributed by atoms with Crippen molar-refractivity contribution in [3.8, 4) is 11.5 Å². The first-order chi connectivity index (χ1) is 13.7. The monoisotopic (exact) mass is 394 g/mol. The molecule has 0 saturated heterocycles. The molecule has 1 fully saturated rings. The van der Waals surface area contributed by atoms with Gasteiger partial charge in [-0.05, 0) is 49.2 Å². The van der Waals surface area contributed by atoms with Gasteiger partial charge in [-0.2, -0.15) is 4.98 Å². The van der Waals surface area contributed by atoms with Crippen LogP contribution in [0.4, 0.5) is 0 Å². The molecule has 1 aliphatic rings. The van der Waals surface area contributed by atoms with Crippen LogP contribution >= 0.6 is 11.6 Å². The number of pyridine rings is 1. The van der Waals surface area contributed by atoms with E-state index < -0.39 is 0 Å². The average Bonchev–Trinajstić information content (AvgIpc) is 3.30. The molecule has 1 aromatic carbocycles. The van der Waals surface area contributed by atoms with E-state index in [2.05, 4.69) is 25.7 Å². The normalized spacial score (nSPS) is 13.8.